The fourth-order valence-electron chi connectivity index (χ4n) is 2.58. The lowest BCUT2D eigenvalue weighted by molar-refractivity contribution is -0.129. The van der Waals surface area contributed by atoms with Gasteiger partial charge in [-0.3, -0.25) is 4.79 Å². The molecule has 1 saturated carbocycles. The van der Waals surface area contributed by atoms with Crippen molar-refractivity contribution in [2.24, 2.45) is 0 Å². The van der Waals surface area contributed by atoms with Crippen molar-refractivity contribution in [3.05, 3.63) is 51.8 Å². The SMILES string of the molecule is Cc1ccc(Cn2nc(C)c(C(=O)O[C@@H](C)C(=O)NC3CC3)c2Cl)cc1. The number of aryl methyl sites for hydroxylation is 2. The number of ether oxygens (including phenoxy) is 1. The second-order valence-corrected chi connectivity index (χ2v) is 7.08. The molecule has 1 atom stereocenters. The summed E-state index contributed by atoms with van der Waals surface area (Å²) < 4.78 is 6.84. The Morgan fingerprint density at radius 1 is 1.31 bits per heavy atom. The first-order valence-corrected chi connectivity index (χ1v) is 9.02. The predicted octanol–water partition coefficient (Wildman–Crippen LogP) is 3.03. The van der Waals surface area contributed by atoms with Crippen molar-refractivity contribution < 1.29 is 14.3 Å². The Morgan fingerprint density at radius 3 is 2.58 bits per heavy atom. The van der Waals surface area contributed by atoms with Gasteiger partial charge in [-0.1, -0.05) is 41.4 Å². The summed E-state index contributed by atoms with van der Waals surface area (Å²) in [5.41, 5.74) is 2.86. The summed E-state index contributed by atoms with van der Waals surface area (Å²) in [6.07, 6.45) is 1.07. The maximum absolute atomic E-state index is 12.5. The van der Waals surface area contributed by atoms with Crippen molar-refractivity contribution in [1.82, 2.24) is 15.1 Å². The number of nitrogens with zero attached hydrogens (tertiary/aromatic N) is 2. The average molecular weight is 376 g/mol. The number of esters is 1. The summed E-state index contributed by atoms with van der Waals surface area (Å²) in [5.74, 6) is -0.928. The summed E-state index contributed by atoms with van der Waals surface area (Å²) >= 11 is 6.36. The Balaban J connectivity index is 1.70. The van der Waals surface area contributed by atoms with Crippen molar-refractivity contribution in [3.8, 4) is 0 Å². The van der Waals surface area contributed by atoms with Gasteiger partial charge in [0.25, 0.3) is 5.91 Å². The maximum Gasteiger partial charge on any atom is 0.343 e. The molecule has 0 saturated heterocycles. The quantitative estimate of drug-likeness (QED) is 0.787. The van der Waals surface area contributed by atoms with Gasteiger partial charge in [-0.15, -0.1) is 0 Å². The smallest absolute Gasteiger partial charge is 0.343 e. The summed E-state index contributed by atoms with van der Waals surface area (Å²) in [6, 6.07) is 8.21. The molecule has 0 radical (unpaired) electrons. The fraction of sp³-hybridized carbons (Fsp3) is 0.421. The van der Waals surface area contributed by atoms with Gasteiger partial charge in [-0.2, -0.15) is 5.10 Å². The molecule has 1 amide bonds. The van der Waals surface area contributed by atoms with Crippen molar-refractivity contribution in [2.45, 2.75) is 52.3 Å². The van der Waals surface area contributed by atoms with Gasteiger partial charge in [-0.05, 0) is 39.2 Å². The van der Waals surface area contributed by atoms with E-state index < -0.39 is 12.1 Å². The highest BCUT2D eigenvalue weighted by Gasteiger charge is 2.29. The van der Waals surface area contributed by atoms with Gasteiger partial charge in [-0.25, -0.2) is 9.48 Å². The minimum absolute atomic E-state index is 0.199. The van der Waals surface area contributed by atoms with Crippen molar-refractivity contribution in [1.29, 1.82) is 0 Å². The highest BCUT2D eigenvalue weighted by molar-refractivity contribution is 6.32. The molecule has 0 spiro atoms. The Bertz CT molecular complexity index is 825. The first-order chi connectivity index (χ1) is 12.3. The van der Waals surface area contributed by atoms with Gasteiger partial charge in [0.15, 0.2) is 6.10 Å². The van der Waals surface area contributed by atoms with E-state index in [1.54, 1.807) is 18.5 Å². The predicted molar refractivity (Wildman–Crippen MR) is 98.3 cm³/mol. The lowest BCUT2D eigenvalue weighted by Gasteiger charge is -2.13. The van der Waals surface area contributed by atoms with E-state index in [9.17, 15) is 9.59 Å². The Morgan fingerprint density at radius 2 is 1.96 bits per heavy atom. The monoisotopic (exact) mass is 375 g/mol. The number of halogens is 1. The van der Waals surface area contributed by atoms with E-state index in [0.717, 1.165) is 18.4 Å². The van der Waals surface area contributed by atoms with Crippen LogP contribution in [-0.4, -0.2) is 33.8 Å². The molecule has 1 aromatic heterocycles. The number of hydrogen-bond donors (Lipinski definition) is 1. The molecule has 3 rings (SSSR count). The molecule has 138 valence electrons. The zero-order valence-corrected chi connectivity index (χ0v) is 15.8. The highest BCUT2D eigenvalue weighted by Crippen LogP contribution is 2.23. The number of hydrogen-bond acceptors (Lipinski definition) is 4. The van der Waals surface area contributed by atoms with Crippen molar-refractivity contribution in [3.63, 3.8) is 0 Å². The van der Waals surface area contributed by atoms with Gasteiger partial charge in [0.05, 0.1) is 12.2 Å². The topological polar surface area (TPSA) is 73.2 Å². The van der Waals surface area contributed by atoms with E-state index in [1.165, 1.54) is 5.56 Å². The van der Waals surface area contributed by atoms with Crippen LogP contribution in [0.15, 0.2) is 24.3 Å². The van der Waals surface area contributed by atoms with Crippen LogP contribution < -0.4 is 5.32 Å². The van der Waals surface area contributed by atoms with Gasteiger partial charge < -0.3 is 10.1 Å². The number of rotatable bonds is 6. The molecule has 26 heavy (non-hydrogen) atoms. The first kappa shape index (κ1) is 18.5. The minimum Gasteiger partial charge on any atom is -0.449 e. The van der Waals surface area contributed by atoms with Crippen LogP contribution in [0.2, 0.25) is 5.15 Å². The molecule has 1 aliphatic carbocycles. The van der Waals surface area contributed by atoms with Crippen LogP contribution in [0.4, 0.5) is 0 Å². The second-order valence-electron chi connectivity index (χ2n) is 6.72. The largest absolute Gasteiger partial charge is 0.449 e. The van der Waals surface area contributed by atoms with Crippen LogP contribution >= 0.6 is 11.6 Å². The summed E-state index contributed by atoms with van der Waals surface area (Å²) in [4.78, 5) is 24.4. The molecular weight excluding hydrogens is 354 g/mol. The number of nitrogens with one attached hydrogen (secondary N) is 1. The van der Waals surface area contributed by atoms with Gasteiger partial charge in [0, 0.05) is 6.04 Å². The standard InChI is InChI=1S/C19H22ClN3O3/c1-11-4-6-14(7-5-11)10-23-17(20)16(12(2)22-23)19(25)26-13(3)18(24)21-15-8-9-15/h4-7,13,15H,8-10H2,1-3H3,(H,21,24)/t13-/m0/s1. The summed E-state index contributed by atoms with van der Waals surface area (Å²) in [5, 5.41) is 7.37. The number of aromatic nitrogens is 2. The number of amides is 1. The Labute approximate surface area is 157 Å². The fourth-order valence-corrected chi connectivity index (χ4v) is 2.89. The van der Waals surface area contributed by atoms with Gasteiger partial charge in [0.2, 0.25) is 0 Å². The molecule has 1 N–H and O–H groups in total. The molecule has 0 bridgehead atoms. The zero-order valence-electron chi connectivity index (χ0n) is 15.1. The van der Waals surface area contributed by atoms with E-state index in [1.807, 2.05) is 31.2 Å². The highest BCUT2D eigenvalue weighted by atomic mass is 35.5. The number of carbonyl (C=O) groups is 2. The van der Waals surface area contributed by atoms with Gasteiger partial charge in [0.1, 0.15) is 10.7 Å². The van der Waals surface area contributed by atoms with E-state index in [0.29, 0.717) is 12.2 Å². The van der Waals surface area contributed by atoms with Crippen LogP contribution in [0.25, 0.3) is 0 Å². The minimum atomic E-state index is -0.876. The van der Waals surface area contributed by atoms with Crippen LogP contribution in [0.3, 0.4) is 0 Å². The molecule has 1 fully saturated rings. The molecule has 2 aromatic rings. The lowest BCUT2D eigenvalue weighted by Crippen LogP contribution is -2.37. The second kappa shape index (κ2) is 7.50. The van der Waals surface area contributed by atoms with E-state index >= 15 is 0 Å². The lowest BCUT2D eigenvalue weighted by atomic mass is 10.1. The van der Waals surface area contributed by atoms with Crippen molar-refractivity contribution in [2.75, 3.05) is 0 Å². The molecule has 1 aliphatic rings. The maximum atomic E-state index is 12.5. The number of carbonyl (C=O) groups excluding carboxylic acids is 2. The van der Waals surface area contributed by atoms with Gasteiger partial charge >= 0.3 is 5.97 Å². The Hall–Kier alpha value is -2.34. The normalized spacial score (nSPS) is 14.8. The third kappa shape index (κ3) is 4.25. The van der Waals surface area contributed by atoms with E-state index in [2.05, 4.69) is 10.4 Å². The molecule has 7 heteroatoms. The van der Waals surface area contributed by atoms with Crippen LogP contribution in [0, 0.1) is 13.8 Å². The van der Waals surface area contributed by atoms with Crippen LogP contribution in [-0.2, 0) is 16.1 Å². The third-order valence-electron chi connectivity index (χ3n) is 4.30. The molecule has 1 heterocycles. The van der Waals surface area contributed by atoms with Crippen LogP contribution in [0.1, 0.15) is 46.9 Å². The first-order valence-electron chi connectivity index (χ1n) is 8.65. The van der Waals surface area contributed by atoms with Crippen molar-refractivity contribution >= 4 is 23.5 Å². The Kier molecular flexibility index (Phi) is 5.32. The summed E-state index contributed by atoms with van der Waals surface area (Å²) in [7, 11) is 0. The number of benzene rings is 1. The molecule has 0 unspecified atom stereocenters. The molecule has 6 nitrogen and oxygen atoms in total. The average Bonchev–Trinajstić information content (AvgIpc) is 3.35. The van der Waals surface area contributed by atoms with Crippen LogP contribution in [0.5, 0.6) is 0 Å². The molecule has 1 aromatic carbocycles. The summed E-state index contributed by atoms with van der Waals surface area (Å²) in [6.45, 7) is 5.72. The molecular formula is C19H22ClN3O3. The third-order valence-corrected chi connectivity index (χ3v) is 4.68. The zero-order chi connectivity index (χ0) is 18.8. The molecule has 0 aliphatic heterocycles. The van der Waals surface area contributed by atoms with E-state index in [-0.39, 0.29) is 22.7 Å². The van der Waals surface area contributed by atoms with E-state index in [4.69, 9.17) is 16.3 Å².